The largest absolute Gasteiger partial charge is 0.393 e. The predicted molar refractivity (Wildman–Crippen MR) is 76.3 cm³/mol. The third kappa shape index (κ3) is 2.80. The average Bonchev–Trinajstić information content (AvgIpc) is 2.91. The molecule has 0 fully saturated rings. The van der Waals surface area contributed by atoms with Crippen LogP contribution in [0.1, 0.15) is 12.5 Å². The summed E-state index contributed by atoms with van der Waals surface area (Å²) in [7, 11) is 0. The molecule has 0 saturated heterocycles. The number of aliphatic hydroxyl groups is 1. The number of aromatic nitrogens is 3. The van der Waals surface area contributed by atoms with E-state index in [9.17, 15) is 5.11 Å². The van der Waals surface area contributed by atoms with Gasteiger partial charge >= 0.3 is 0 Å². The van der Waals surface area contributed by atoms with Crippen molar-refractivity contribution in [2.45, 2.75) is 19.1 Å². The van der Waals surface area contributed by atoms with Crippen molar-refractivity contribution in [2.75, 3.05) is 0 Å². The highest BCUT2D eigenvalue weighted by molar-refractivity contribution is 7.80. The fourth-order valence-corrected chi connectivity index (χ4v) is 2.20. The number of nitrogens with zero attached hydrogens (tertiary/aromatic N) is 3. The first-order valence-corrected chi connectivity index (χ1v) is 6.34. The van der Waals surface area contributed by atoms with E-state index in [1.54, 1.807) is 11.0 Å². The quantitative estimate of drug-likeness (QED) is 0.799. The summed E-state index contributed by atoms with van der Waals surface area (Å²) in [5, 5.41) is 15.1. The van der Waals surface area contributed by atoms with Gasteiger partial charge in [-0.2, -0.15) is 5.10 Å². The lowest BCUT2D eigenvalue weighted by atomic mass is 9.82. The lowest BCUT2D eigenvalue weighted by Crippen LogP contribution is -2.43. The van der Waals surface area contributed by atoms with Crippen LogP contribution in [0.4, 0.5) is 0 Å². The molecule has 0 amide bonds. The van der Waals surface area contributed by atoms with Crippen LogP contribution in [0, 0.1) is 5.92 Å². The molecule has 2 aromatic rings. The van der Waals surface area contributed by atoms with Crippen molar-refractivity contribution in [1.82, 2.24) is 14.8 Å². The Hall–Kier alpha value is -1.79. The highest BCUT2D eigenvalue weighted by Gasteiger charge is 2.38. The fraction of sp³-hybridized carbons (Fsp3) is 0.308. The van der Waals surface area contributed by atoms with Gasteiger partial charge in [0.25, 0.3) is 0 Å². The summed E-state index contributed by atoms with van der Waals surface area (Å²) < 4.78 is 1.57. The minimum atomic E-state index is -1.21. The molecule has 0 saturated carbocycles. The first-order valence-electron chi connectivity index (χ1n) is 5.93. The Morgan fingerprint density at radius 2 is 2.16 bits per heavy atom. The number of benzene rings is 1. The fourth-order valence-electron chi connectivity index (χ4n) is 2.00. The van der Waals surface area contributed by atoms with Crippen LogP contribution in [0.15, 0.2) is 43.0 Å². The Kier molecular flexibility index (Phi) is 3.92. The van der Waals surface area contributed by atoms with E-state index in [1.165, 1.54) is 6.33 Å². The molecule has 1 heterocycles. The molecule has 2 atom stereocenters. The second-order valence-corrected chi connectivity index (χ2v) is 4.98. The first-order chi connectivity index (χ1) is 9.04. The number of hydrogen-bond donors (Lipinski definition) is 2. The molecule has 0 bridgehead atoms. The van der Waals surface area contributed by atoms with E-state index in [0.717, 1.165) is 5.56 Å². The Morgan fingerprint density at radius 1 is 1.47 bits per heavy atom. The minimum Gasteiger partial charge on any atom is -0.393 e. The summed E-state index contributed by atoms with van der Waals surface area (Å²) in [6, 6.07) is 9.34. The van der Waals surface area contributed by atoms with Crippen LogP contribution in [0.25, 0.3) is 0 Å². The van der Waals surface area contributed by atoms with Crippen LogP contribution in [0.5, 0.6) is 0 Å². The van der Waals surface area contributed by atoms with Crippen LogP contribution in [0.2, 0.25) is 0 Å². The number of rotatable bonds is 5. The zero-order valence-electron chi connectivity index (χ0n) is 10.6. The number of thiocarbonyl (C=S) groups is 1. The van der Waals surface area contributed by atoms with Crippen molar-refractivity contribution in [3.05, 3.63) is 48.5 Å². The molecule has 3 N–H and O–H groups in total. The smallest absolute Gasteiger partial charge is 0.137 e. The van der Waals surface area contributed by atoms with Crippen LogP contribution in [-0.4, -0.2) is 24.9 Å². The highest BCUT2D eigenvalue weighted by Crippen LogP contribution is 2.31. The van der Waals surface area contributed by atoms with Gasteiger partial charge in [-0.15, -0.1) is 0 Å². The summed E-state index contributed by atoms with van der Waals surface area (Å²) in [4.78, 5) is 4.15. The van der Waals surface area contributed by atoms with Gasteiger partial charge in [0.2, 0.25) is 0 Å². The van der Waals surface area contributed by atoms with E-state index < -0.39 is 5.60 Å². The summed E-state index contributed by atoms with van der Waals surface area (Å²) >= 11 is 5.03. The SMILES string of the molecule is C[C@@H](C(N)=S)[C@](O)(Cn1cncn1)c1ccccc1. The minimum absolute atomic E-state index is 0.246. The number of hydrogen-bond acceptors (Lipinski definition) is 4. The Morgan fingerprint density at radius 3 is 2.68 bits per heavy atom. The van der Waals surface area contributed by atoms with Gasteiger partial charge in [0.1, 0.15) is 18.3 Å². The van der Waals surface area contributed by atoms with Gasteiger partial charge in [0, 0.05) is 5.92 Å². The van der Waals surface area contributed by atoms with Crippen molar-refractivity contribution in [3.8, 4) is 0 Å². The van der Waals surface area contributed by atoms with Crippen LogP contribution in [-0.2, 0) is 12.1 Å². The third-order valence-electron chi connectivity index (χ3n) is 3.29. The maximum atomic E-state index is 11.0. The molecular formula is C13H16N4OS. The van der Waals surface area contributed by atoms with E-state index >= 15 is 0 Å². The molecule has 1 aromatic heterocycles. The second kappa shape index (κ2) is 5.46. The molecule has 19 heavy (non-hydrogen) atoms. The van der Waals surface area contributed by atoms with Crippen molar-refractivity contribution in [2.24, 2.45) is 11.7 Å². The second-order valence-electron chi connectivity index (χ2n) is 4.51. The van der Waals surface area contributed by atoms with Gasteiger partial charge in [0.05, 0.1) is 11.5 Å². The van der Waals surface area contributed by atoms with Gasteiger partial charge in [-0.1, -0.05) is 49.5 Å². The maximum absolute atomic E-state index is 11.0. The molecular weight excluding hydrogens is 260 g/mol. The monoisotopic (exact) mass is 276 g/mol. The standard InChI is InChI=1S/C13H16N4OS/c1-10(12(14)19)13(18,7-17-9-15-8-16-17)11-5-3-2-4-6-11/h2-6,8-10,18H,7H2,1H3,(H2,14,19)/t10-,13+/m0/s1. The van der Waals surface area contributed by atoms with Gasteiger partial charge in [-0.3, -0.25) is 0 Å². The molecule has 1 aromatic carbocycles. The average molecular weight is 276 g/mol. The zero-order chi connectivity index (χ0) is 13.9. The van der Waals surface area contributed by atoms with Crippen LogP contribution < -0.4 is 5.73 Å². The summed E-state index contributed by atoms with van der Waals surface area (Å²) in [5.74, 6) is -0.380. The van der Waals surface area contributed by atoms with E-state index in [4.69, 9.17) is 18.0 Å². The lowest BCUT2D eigenvalue weighted by Gasteiger charge is -2.34. The molecule has 2 rings (SSSR count). The number of nitrogens with two attached hydrogens (primary N) is 1. The Balaban J connectivity index is 2.41. The van der Waals surface area contributed by atoms with Crippen LogP contribution in [0.3, 0.4) is 0 Å². The predicted octanol–water partition coefficient (Wildman–Crippen LogP) is 1.09. The van der Waals surface area contributed by atoms with Gasteiger partial charge in [-0.05, 0) is 5.56 Å². The molecule has 0 aliphatic rings. The van der Waals surface area contributed by atoms with E-state index in [0.29, 0.717) is 0 Å². The van der Waals surface area contributed by atoms with E-state index in [2.05, 4.69) is 10.1 Å². The summed E-state index contributed by atoms with van der Waals surface area (Å²) in [6.45, 7) is 2.06. The Bertz CT molecular complexity index is 543. The summed E-state index contributed by atoms with van der Waals surface area (Å²) in [5.41, 5.74) is 5.26. The van der Waals surface area contributed by atoms with Crippen molar-refractivity contribution in [3.63, 3.8) is 0 Å². The summed E-state index contributed by atoms with van der Waals surface area (Å²) in [6.07, 6.45) is 2.98. The van der Waals surface area contributed by atoms with E-state index in [-0.39, 0.29) is 17.5 Å². The zero-order valence-corrected chi connectivity index (χ0v) is 11.4. The van der Waals surface area contributed by atoms with Crippen molar-refractivity contribution >= 4 is 17.2 Å². The maximum Gasteiger partial charge on any atom is 0.137 e. The molecule has 0 aliphatic heterocycles. The third-order valence-corrected chi connectivity index (χ3v) is 3.64. The first kappa shape index (κ1) is 13.6. The van der Waals surface area contributed by atoms with Gasteiger partial charge in [0.15, 0.2) is 0 Å². The molecule has 0 unspecified atom stereocenters. The lowest BCUT2D eigenvalue weighted by molar-refractivity contribution is -0.0122. The molecule has 5 nitrogen and oxygen atoms in total. The van der Waals surface area contributed by atoms with Gasteiger partial charge < -0.3 is 10.8 Å². The topological polar surface area (TPSA) is 77.0 Å². The Labute approximate surface area is 117 Å². The molecule has 0 spiro atoms. The van der Waals surface area contributed by atoms with E-state index in [1.807, 2.05) is 37.3 Å². The van der Waals surface area contributed by atoms with Crippen molar-refractivity contribution < 1.29 is 5.11 Å². The molecule has 0 aliphatic carbocycles. The molecule has 0 radical (unpaired) electrons. The van der Waals surface area contributed by atoms with Gasteiger partial charge in [-0.25, -0.2) is 9.67 Å². The highest BCUT2D eigenvalue weighted by atomic mass is 32.1. The molecule has 100 valence electrons. The molecule has 6 heteroatoms. The van der Waals surface area contributed by atoms with Crippen LogP contribution >= 0.6 is 12.2 Å². The van der Waals surface area contributed by atoms with Crippen molar-refractivity contribution in [1.29, 1.82) is 0 Å². The normalized spacial score (nSPS) is 15.7.